The summed E-state index contributed by atoms with van der Waals surface area (Å²) >= 11 is 0. The molecule has 0 aliphatic carbocycles. The molecule has 0 aliphatic heterocycles. The van der Waals surface area contributed by atoms with E-state index in [9.17, 15) is 18.8 Å². The number of para-hydroxylation sites is 1. The SMILES string of the molecule is CN(CC(=O)Nc1cccc(F)c1)Cc1nc2ccccc2c(=O)n1CC(N)=O. The number of hydrogen-bond acceptors (Lipinski definition) is 5. The second-order valence-corrected chi connectivity index (χ2v) is 6.63. The molecule has 9 heteroatoms. The average molecular weight is 397 g/mol. The number of aromatic nitrogens is 2. The van der Waals surface area contributed by atoms with Crippen LogP contribution < -0.4 is 16.6 Å². The van der Waals surface area contributed by atoms with E-state index in [1.54, 1.807) is 42.3 Å². The molecule has 3 rings (SSSR count). The number of primary amides is 1. The van der Waals surface area contributed by atoms with Crippen LogP contribution in [-0.2, 0) is 22.7 Å². The van der Waals surface area contributed by atoms with Gasteiger partial charge in [-0.1, -0.05) is 18.2 Å². The minimum Gasteiger partial charge on any atom is -0.368 e. The molecule has 1 aromatic heterocycles. The van der Waals surface area contributed by atoms with Gasteiger partial charge in [-0.15, -0.1) is 0 Å². The van der Waals surface area contributed by atoms with Crippen LogP contribution in [0.2, 0.25) is 0 Å². The Morgan fingerprint density at radius 3 is 2.69 bits per heavy atom. The maximum absolute atomic E-state index is 13.2. The van der Waals surface area contributed by atoms with Gasteiger partial charge in [0.05, 0.1) is 24.0 Å². The number of anilines is 1. The maximum Gasteiger partial charge on any atom is 0.261 e. The van der Waals surface area contributed by atoms with Crippen molar-refractivity contribution in [3.63, 3.8) is 0 Å². The fourth-order valence-electron chi connectivity index (χ4n) is 2.96. The number of nitrogens with two attached hydrogens (primary N) is 1. The molecule has 3 aromatic rings. The van der Waals surface area contributed by atoms with Crippen molar-refractivity contribution in [1.29, 1.82) is 0 Å². The Labute approximate surface area is 165 Å². The molecule has 0 aliphatic rings. The second-order valence-electron chi connectivity index (χ2n) is 6.63. The Morgan fingerprint density at radius 1 is 1.21 bits per heavy atom. The molecule has 0 radical (unpaired) electrons. The Hall–Kier alpha value is -3.59. The number of halogens is 1. The van der Waals surface area contributed by atoms with E-state index in [1.165, 1.54) is 22.8 Å². The van der Waals surface area contributed by atoms with E-state index in [0.717, 1.165) is 0 Å². The Kier molecular flexibility index (Phi) is 5.99. The monoisotopic (exact) mass is 397 g/mol. The van der Waals surface area contributed by atoms with Crippen LogP contribution in [0.3, 0.4) is 0 Å². The first kappa shape index (κ1) is 20.2. The molecule has 2 aromatic carbocycles. The summed E-state index contributed by atoms with van der Waals surface area (Å²) in [6.45, 7) is -0.213. The van der Waals surface area contributed by atoms with E-state index in [1.807, 2.05) is 0 Å². The first-order valence-electron chi connectivity index (χ1n) is 8.84. The number of carbonyl (C=O) groups excluding carboxylic acids is 2. The van der Waals surface area contributed by atoms with Gasteiger partial charge >= 0.3 is 0 Å². The van der Waals surface area contributed by atoms with Crippen LogP contribution in [0, 0.1) is 5.82 Å². The second kappa shape index (κ2) is 8.61. The van der Waals surface area contributed by atoms with Crippen molar-refractivity contribution in [2.75, 3.05) is 18.9 Å². The van der Waals surface area contributed by atoms with Gasteiger partial charge in [0.25, 0.3) is 5.56 Å². The van der Waals surface area contributed by atoms with Gasteiger partial charge in [0, 0.05) is 5.69 Å². The summed E-state index contributed by atoms with van der Waals surface area (Å²) < 4.78 is 14.5. The molecule has 0 atom stereocenters. The highest BCUT2D eigenvalue weighted by Gasteiger charge is 2.16. The number of rotatable bonds is 7. The van der Waals surface area contributed by atoms with Crippen LogP contribution in [0.15, 0.2) is 53.3 Å². The van der Waals surface area contributed by atoms with Crippen molar-refractivity contribution < 1.29 is 14.0 Å². The predicted octanol–water partition coefficient (Wildman–Crippen LogP) is 1.09. The Balaban J connectivity index is 1.80. The van der Waals surface area contributed by atoms with Gasteiger partial charge in [0.2, 0.25) is 11.8 Å². The zero-order chi connectivity index (χ0) is 21.0. The first-order chi connectivity index (χ1) is 13.8. The third-order valence-corrected chi connectivity index (χ3v) is 4.19. The lowest BCUT2D eigenvalue weighted by atomic mass is 10.2. The highest BCUT2D eigenvalue weighted by Crippen LogP contribution is 2.11. The third-order valence-electron chi connectivity index (χ3n) is 4.19. The minimum absolute atomic E-state index is 0.0320. The highest BCUT2D eigenvalue weighted by atomic mass is 19.1. The van der Waals surface area contributed by atoms with Gasteiger partial charge in [-0.3, -0.25) is 23.9 Å². The number of carbonyl (C=O) groups is 2. The molecule has 0 spiro atoms. The Bertz CT molecular complexity index is 1130. The molecular formula is C20H20FN5O3. The largest absolute Gasteiger partial charge is 0.368 e. The predicted molar refractivity (Wildman–Crippen MR) is 107 cm³/mol. The molecular weight excluding hydrogens is 377 g/mol. The van der Waals surface area contributed by atoms with Crippen molar-refractivity contribution in [2.24, 2.45) is 5.73 Å². The summed E-state index contributed by atoms with van der Waals surface area (Å²) in [5, 5.41) is 2.98. The van der Waals surface area contributed by atoms with Gasteiger partial charge in [-0.05, 0) is 37.4 Å². The topological polar surface area (TPSA) is 110 Å². The van der Waals surface area contributed by atoms with Gasteiger partial charge in [0.1, 0.15) is 18.2 Å². The summed E-state index contributed by atoms with van der Waals surface area (Å²) in [6, 6.07) is 12.4. The molecule has 3 N–H and O–H groups in total. The number of nitrogens with one attached hydrogen (secondary N) is 1. The van der Waals surface area contributed by atoms with Crippen LogP contribution in [0.1, 0.15) is 5.82 Å². The van der Waals surface area contributed by atoms with Crippen LogP contribution >= 0.6 is 0 Å². The maximum atomic E-state index is 13.2. The summed E-state index contributed by atoms with van der Waals surface area (Å²) in [5.74, 6) is -1.17. The molecule has 0 saturated carbocycles. The molecule has 1 heterocycles. The van der Waals surface area contributed by atoms with Gasteiger partial charge in [0.15, 0.2) is 0 Å². The standard InChI is InChI=1S/C20H20FN5O3/c1-25(12-19(28)23-14-6-4-5-13(21)9-14)11-18-24-16-8-3-2-7-15(16)20(29)26(18)10-17(22)27/h2-9H,10-12H2,1H3,(H2,22,27)(H,23,28). The average Bonchev–Trinajstić information content (AvgIpc) is 2.64. The summed E-state index contributed by atoms with van der Waals surface area (Å²) in [6.07, 6.45) is 0. The fraction of sp³-hybridized carbons (Fsp3) is 0.200. The lowest BCUT2D eigenvalue weighted by Gasteiger charge is -2.19. The number of nitrogens with zero attached hydrogens (tertiary/aromatic N) is 3. The number of amides is 2. The lowest BCUT2D eigenvalue weighted by Crippen LogP contribution is -2.36. The van der Waals surface area contributed by atoms with Gasteiger partial charge in [-0.25, -0.2) is 9.37 Å². The smallest absolute Gasteiger partial charge is 0.261 e. The van der Waals surface area contributed by atoms with Crippen molar-refractivity contribution in [1.82, 2.24) is 14.5 Å². The lowest BCUT2D eigenvalue weighted by molar-refractivity contribution is -0.119. The molecule has 0 bridgehead atoms. The fourth-order valence-corrected chi connectivity index (χ4v) is 2.96. The highest BCUT2D eigenvalue weighted by molar-refractivity contribution is 5.92. The normalized spacial score (nSPS) is 11.0. The van der Waals surface area contributed by atoms with Crippen LogP contribution in [0.5, 0.6) is 0 Å². The van der Waals surface area contributed by atoms with E-state index in [2.05, 4.69) is 10.3 Å². The van der Waals surface area contributed by atoms with E-state index >= 15 is 0 Å². The summed E-state index contributed by atoms with van der Waals surface area (Å²) in [4.78, 5) is 42.5. The zero-order valence-electron chi connectivity index (χ0n) is 15.8. The summed E-state index contributed by atoms with van der Waals surface area (Å²) in [7, 11) is 1.67. The number of likely N-dealkylation sites (N-methyl/N-ethyl adjacent to an activating group) is 1. The first-order valence-corrected chi connectivity index (χ1v) is 8.84. The molecule has 29 heavy (non-hydrogen) atoms. The van der Waals surface area contributed by atoms with Crippen LogP contribution in [-0.4, -0.2) is 39.9 Å². The number of benzene rings is 2. The van der Waals surface area contributed by atoms with E-state index in [-0.39, 0.29) is 31.1 Å². The quantitative estimate of drug-likeness (QED) is 0.620. The number of fused-ring (bicyclic) bond motifs is 1. The van der Waals surface area contributed by atoms with Crippen molar-refractivity contribution in [3.8, 4) is 0 Å². The molecule has 2 amide bonds. The van der Waals surface area contributed by atoms with Crippen molar-refractivity contribution in [2.45, 2.75) is 13.1 Å². The molecule has 150 valence electrons. The van der Waals surface area contributed by atoms with Gasteiger partial charge < -0.3 is 11.1 Å². The Morgan fingerprint density at radius 2 is 1.97 bits per heavy atom. The summed E-state index contributed by atoms with van der Waals surface area (Å²) in [5.41, 5.74) is 5.74. The molecule has 0 fully saturated rings. The van der Waals surface area contributed by atoms with Crippen LogP contribution in [0.4, 0.5) is 10.1 Å². The van der Waals surface area contributed by atoms with E-state index in [0.29, 0.717) is 22.4 Å². The minimum atomic E-state index is -0.670. The van der Waals surface area contributed by atoms with Gasteiger partial charge in [-0.2, -0.15) is 0 Å². The molecule has 0 unspecified atom stereocenters. The third kappa shape index (κ3) is 5.02. The van der Waals surface area contributed by atoms with E-state index in [4.69, 9.17) is 5.73 Å². The van der Waals surface area contributed by atoms with Crippen LogP contribution in [0.25, 0.3) is 10.9 Å². The molecule has 0 saturated heterocycles. The van der Waals surface area contributed by atoms with E-state index < -0.39 is 11.7 Å². The molecule has 8 nitrogen and oxygen atoms in total. The van der Waals surface area contributed by atoms with Crippen molar-refractivity contribution >= 4 is 28.4 Å². The number of hydrogen-bond donors (Lipinski definition) is 2. The van der Waals surface area contributed by atoms with Crippen molar-refractivity contribution in [3.05, 3.63) is 70.5 Å². The zero-order valence-corrected chi connectivity index (χ0v) is 15.8.